The number of hydrogen-bond acceptors (Lipinski definition) is 13. The van der Waals surface area contributed by atoms with E-state index in [0.717, 1.165) is 54.6 Å². The molecule has 0 amide bonds. The number of ketones is 1. The van der Waals surface area contributed by atoms with Crippen molar-refractivity contribution in [3.8, 4) is 22.5 Å². The minimum atomic E-state index is -4.65. The van der Waals surface area contributed by atoms with Gasteiger partial charge in [-0.1, -0.05) is 6.92 Å². The van der Waals surface area contributed by atoms with Crippen molar-refractivity contribution in [1.29, 1.82) is 0 Å². The Morgan fingerprint density at radius 2 is 1.12 bits per heavy atom. The highest BCUT2D eigenvalue weighted by atomic mass is 32.2. The predicted octanol–water partition coefficient (Wildman–Crippen LogP) is 8.55. The van der Waals surface area contributed by atoms with Gasteiger partial charge in [0.1, 0.15) is 11.6 Å². The van der Waals surface area contributed by atoms with E-state index in [0.29, 0.717) is 54.7 Å². The van der Waals surface area contributed by atoms with E-state index in [4.69, 9.17) is 10.8 Å². The molecule has 1 aliphatic carbocycles. The summed E-state index contributed by atoms with van der Waals surface area (Å²) in [6, 6.07) is 14.5. The molecule has 2 aliphatic rings. The van der Waals surface area contributed by atoms with Gasteiger partial charge in [-0.25, -0.2) is 45.6 Å². The van der Waals surface area contributed by atoms with Crippen LogP contribution in [0.25, 0.3) is 22.5 Å². The number of aromatic nitrogens is 6. The van der Waals surface area contributed by atoms with Gasteiger partial charge >= 0.3 is 18.3 Å². The summed E-state index contributed by atoms with van der Waals surface area (Å²) in [6.07, 6.45) is 0.247. The zero-order valence-electron chi connectivity index (χ0n) is 38.7. The second kappa shape index (κ2) is 23.0. The molecule has 1 saturated heterocycles. The average molecular weight is 1060 g/mol. The van der Waals surface area contributed by atoms with E-state index in [1.807, 2.05) is 0 Å². The van der Waals surface area contributed by atoms with E-state index in [2.05, 4.69) is 29.9 Å². The summed E-state index contributed by atoms with van der Waals surface area (Å²) in [5.41, 5.74) is 8.55. The van der Waals surface area contributed by atoms with Crippen molar-refractivity contribution in [2.24, 2.45) is 17.6 Å². The molecular formula is C48H46F8N8O7S2. The summed E-state index contributed by atoms with van der Waals surface area (Å²) in [5.74, 6) is -5.92. The molecule has 0 spiro atoms. The zero-order valence-corrected chi connectivity index (χ0v) is 40.3. The number of carboxylic acids is 1. The lowest BCUT2D eigenvalue weighted by Crippen LogP contribution is -2.44. The number of rotatable bonds is 12. The summed E-state index contributed by atoms with van der Waals surface area (Å²) < 4.78 is 154. The van der Waals surface area contributed by atoms with Crippen molar-refractivity contribution in [2.75, 3.05) is 0 Å². The number of alkyl halides is 6. The zero-order chi connectivity index (χ0) is 53.5. The Kier molecular flexibility index (Phi) is 17.5. The Balaban J connectivity index is 0.000000197. The summed E-state index contributed by atoms with van der Waals surface area (Å²) in [7, 11) is -7.74. The van der Waals surface area contributed by atoms with Crippen LogP contribution < -0.4 is 5.73 Å². The number of sulfone groups is 1. The van der Waals surface area contributed by atoms with Crippen molar-refractivity contribution >= 4 is 31.6 Å². The minimum absolute atomic E-state index is 0.0149. The second-order valence-electron chi connectivity index (χ2n) is 17.0. The maximum Gasteiger partial charge on any atom is 0.451 e. The molecule has 15 nitrogen and oxygen atoms in total. The molecular weight excluding hydrogens is 1020 g/mol. The first-order valence-electron chi connectivity index (χ1n) is 22.2. The number of benzene rings is 2. The number of aryl methyl sites for hydroxylation is 1. The second-order valence-corrected chi connectivity index (χ2v) is 21.0. The fraction of sp³-hybridized carbons (Fsp3) is 0.333. The molecule has 8 rings (SSSR count). The molecule has 0 bridgehead atoms. The number of nitrogens with zero attached hydrogens (tertiary/aromatic N) is 7. The molecule has 0 radical (unpaired) electrons. The third kappa shape index (κ3) is 13.7. The Morgan fingerprint density at radius 3 is 1.59 bits per heavy atom. The van der Waals surface area contributed by atoms with Crippen LogP contribution in [0.2, 0.25) is 0 Å². The van der Waals surface area contributed by atoms with Crippen LogP contribution in [-0.2, 0) is 54.8 Å². The van der Waals surface area contributed by atoms with Crippen molar-refractivity contribution in [3.05, 3.63) is 144 Å². The van der Waals surface area contributed by atoms with Crippen LogP contribution in [0.5, 0.6) is 0 Å². The quantitative estimate of drug-likeness (QED) is 0.0865. The van der Waals surface area contributed by atoms with E-state index in [9.17, 15) is 61.5 Å². The van der Waals surface area contributed by atoms with Crippen LogP contribution in [0.15, 0.2) is 120 Å². The van der Waals surface area contributed by atoms with Crippen LogP contribution in [-0.4, -0.2) is 85.2 Å². The van der Waals surface area contributed by atoms with Crippen molar-refractivity contribution in [2.45, 2.75) is 98.4 Å². The molecule has 1 saturated carbocycles. The van der Waals surface area contributed by atoms with Crippen LogP contribution in [0.1, 0.15) is 68.7 Å². The van der Waals surface area contributed by atoms with Gasteiger partial charge in [-0.15, -0.1) is 0 Å². The number of carboxylic acid groups (broad SMARTS) is 1. The maximum absolute atomic E-state index is 13.3. The molecule has 1 aliphatic heterocycles. The number of carbonyl (C=O) groups excluding carboxylic acids is 1. The van der Waals surface area contributed by atoms with Crippen molar-refractivity contribution in [1.82, 2.24) is 34.2 Å². The standard InChI is InChI=1S/C24H22F4N4O3S.C13H15FO4S.C11H9F3N4/c1-15-2-8-21(32(15)36(34,35)19-6-4-18(25)5-7-19)22(33)9-3-16-10-11-29-20(12-16)17-13-30-23(31-14-17)24(26,27)28;1-8-2-7-11(13(15)16)12(8)19(17,18)10-5-3-9(14)4-6-10;12-11(13,14)10-17-5-8(6-18-10)9-3-7(4-15)1-2-16-9/h4-7,10-15,21H,2-3,8-9H2,1H3;3-6,8,11-12H,2,7H2,1H3,(H,15,16);1-3,5-6H,4,15H2/t15-,21-;8-,11+,12?;/m00./s1. The lowest BCUT2D eigenvalue weighted by atomic mass is 10.0. The van der Waals surface area contributed by atoms with E-state index in [1.165, 1.54) is 41.0 Å². The maximum atomic E-state index is 13.3. The predicted molar refractivity (Wildman–Crippen MR) is 247 cm³/mol. The summed E-state index contributed by atoms with van der Waals surface area (Å²) in [5, 5.41) is 8.20. The number of hydrogen-bond donors (Lipinski definition) is 2. The first-order valence-corrected chi connectivity index (χ1v) is 25.2. The summed E-state index contributed by atoms with van der Waals surface area (Å²) in [6.45, 7) is 3.81. The van der Waals surface area contributed by atoms with Gasteiger partial charge in [-0.05, 0) is 129 Å². The Bertz CT molecular complexity index is 3100. The molecule has 3 N–H and O–H groups in total. The largest absolute Gasteiger partial charge is 0.481 e. The highest BCUT2D eigenvalue weighted by Gasteiger charge is 2.47. The van der Waals surface area contributed by atoms with E-state index < -0.39 is 78.7 Å². The smallest absolute Gasteiger partial charge is 0.451 e. The molecule has 73 heavy (non-hydrogen) atoms. The normalized spacial score (nSPS) is 19.3. The molecule has 4 aromatic heterocycles. The van der Waals surface area contributed by atoms with Crippen molar-refractivity contribution in [3.63, 3.8) is 0 Å². The van der Waals surface area contributed by atoms with Gasteiger partial charge in [-0.3, -0.25) is 19.6 Å². The Hall–Kier alpha value is -6.70. The Morgan fingerprint density at radius 1 is 0.658 bits per heavy atom. The lowest BCUT2D eigenvalue weighted by Gasteiger charge is -2.27. The number of Topliss-reactive ketones (excluding diaryl/α,β-unsaturated/α-hetero) is 1. The molecule has 5 heterocycles. The van der Waals surface area contributed by atoms with Crippen LogP contribution in [0, 0.1) is 23.5 Å². The number of carbonyl (C=O) groups is 2. The van der Waals surface area contributed by atoms with Gasteiger partial charge in [0.2, 0.25) is 21.7 Å². The van der Waals surface area contributed by atoms with Crippen LogP contribution >= 0.6 is 0 Å². The SMILES string of the molecule is C[C@H]1CC[C@@H](C(=O)CCc2ccnc(-c3cnc(C(F)(F)F)nc3)c2)N1S(=O)(=O)c1ccc(F)cc1.C[C@H]1CC[C@@H](C(=O)O)C1S(=O)(=O)c1ccc(F)cc1.NCc1ccnc(-c2cnc(C(F)(F)F)nc2)c1. The average Bonchev–Trinajstić information content (AvgIpc) is 3.97. The van der Waals surface area contributed by atoms with Crippen LogP contribution in [0.3, 0.4) is 0 Å². The number of nitrogens with two attached hydrogens (primary N) is 1. The van der Waals surface area contributed by atoms with Gasteiger partial charge in [0.05, 0.1) is 38.4 Å². The van der Waals surface area contributed by atoms with Gasteiger partial charge in [0.25, 0.3) is 0 Å². The van der Waals surface area contributed by atoms with Crippen molar-refractivity contribution < 1.29 is 66.7 Å². The van der Waals surface area contributed by atoms with E-state index in [1.54, 1.807) is 38.1 Å². The fourth-order valence-electron chi connectivity index (χ4n) is 8.33. The number of sulfonamides is 1. The number of halogens is 8. The summed E-state index contributed by atoms with van der Waals surface area (Å²) in [4.78, 5) is 45.6. The number of aliphatic carboxylic acids is 1. The third-order valence-electron chi connectivity index (χ3n) is 12.0. The van der Waals surface area contributed by atoms with E-state index in [-0.39, 0.29) is 45.9 Å². The molecule has 2 aromatic carbocycles. The summed E-state index contributed by atoms with van der Waals surface area (Å²) >= 11 is 0. The van der Waals surface area contributed by atoms with Crippen LogP contribution in [0.4, 0.5) is 35.1 Å². The van der Waals surface area contributed by atoms with Gasteiger partial charge in [0.15, 0.2) is 15.6 Å². The number of pyridine rings is 2. The Labute approximate surface area is 414 Å². The molecule has 25 heteroatoms. The first-order chi connectivity index (χ1) is 34.3. The van der Waals surface area contributed by atoms with Gasteiger partial charge in [-0.2, -0.15) is 30.6 Å². The first kappa shape index (κ1) is 55.6. The molecule has 2 fully saturated rings. The monoisotopic (exact) mass is 1060 g/mol. The highest BCUT2D eigenvalue weighted by molar-refractivity contribution is 7.92. The van der Waals surface area contributed by atoms with E-state index >= 15 is 0 Å². The molecule has 5 atom stereocenters. The fourth-order valence-corrected chi connectivity index (χ4v) is 12.4. The highest BCUT2D eigenvalue weighted by Crippen LogP contribution is 2.39. The molecule has 388 valence electrons. The lowest BCUT2D eigenvalue weighted by molar-refractivity contribution is -0.145. The molecule has 1 unspecified atom stereocenters. The molecule has 6 aromatic rings. The van der Waals surface area contributed by atoms with Gasteiger partial charge in [0, 0.05) is 67.3 Å². The topological polar surface area (TPSA) is 229 Å². The van der Waals surface area contributed by atoms with Gasteiger partial charge < -0.3 is 10.8 Å². The third-order valence-corrected chi connectivity index (χ3v) is 16.5. The minimum Gasteiger partial charge on any atom is -0.481 e.